The summed E-state index contributed by atoms with van der Waals surface area (Å²) in [5.41, 5.74) is 4.46. The molecular formula is C25H32N2O. The standard InChI is InChI=1S/C25H32N2O/c1-25(2)20-11-10-19(22(25)14-20)16-27(24(28)17-6-5-7-17)13-12-18-15-26-23-9-4-3-8-21(18)23/h3-4,8-10,15,17,20,22,26H,5-7,11-14,16H2,1-2H3. The van der Waals surface area contributed by atoms with Gasteiger partial charge in [-0.25, -0.2) is 0 Å². The molecule has 0 spiro atoms. The number of fused-ring (bicyclic) bond motifs is 2. The molecule has 2 atom stereocenters. The first-order valence-corrected chi connectivity index (χ1v) is 11.1. The van der Waals surface area contributed by atoms with Crippen LogP contribution in [0.3, 0.4) is 0 Å². The molecule has 3 heteroatoms. The molecule has 0 aliphatic heterocycles. The highest BCUT2D eigenvalue weighted by Crippen LogP contribution is 2.59. The second kappa shape index (κ2) is 6.79. The molecule has 4 aliphatic carbocycles. The van der Waals surface area contributed by atoms with E-state index in [2.05, 4.69) is 60.3 Å². The van der Waals surface area contributed by atoms with Crippen LogP contribution in [0.15, 0.2) is 42.1 Å². The minimum atomic E-state index is 0.273. The van der Waals surface area contributed by atoms with Crippen molar-refractivity contribution >= 4 is 16.8 Å². The molecule has 2 saturated carbocycles. The van der Waals surface area contributed by atoms with E-state index in [4.69, 9.17) is 0 Å². The van der Waals surface area contributed by atoms with Crippen molar-refractivity contribution in [1.29, 1.82) is 0 Å². The van der Waals surface area contributed by atoms with E-state index in [1.54, 1.807) is 0 Å². The summed E-state index contributed by atoms with van der Waals surface area (Å²) < 4.78 is 0. The van der Waals surface area contributed by atoms with Crippen molar-refractivity contribution < 1.29 is 4.79 Å². The van der Waals surface area contributed by atoms with Crippen molar-refractivity contribution in [2.45, 2.75) is 52.4 Å². The summed E-state index contributed by atoms with van der Waals surface area (Å²) in [6.07, 6.45) is 11.4. The smallest absolute Gasteiger partial charge is 0.225 e. The third kappa shape index (κ3) is 2.91. The van der Waals surface area contributed by atoms with Gasteiger partial charge in [0.25, 0.3) is 0 Å². The maximum atomic E-state index is 13.2. The number of carbonyl (C=O) groups excluding carboxylic acids is 1. The topological polar surface area (TPSA) is 36.1 Å². The van der Waals surface area contributed by atoms with Gasteiger partial charge in [0.2, 0.25) is 5.91 Å². The lowest BCUT2D eigenvalue weighted by Gasteiger charge is -2.57. The van der Waals surface area contributed by atoms with Crippen LogP contribution in [0.25, 0.3) is 10.9 Å². The van der Waals surface area contributed by atoms with E-state index in [9.17, 15) is 4.79 Å². The lowest BCUT2D eigenvalue weighted by atomic mass is 9.49. The molecule has 1 aromatic heterocycles. The zero-order valence-electron chi connectivity index (χ0n) is 17.2. The molecule has 6 rings (SSSR count). The Labute approximate surface area is 168 Å². The number of aromatic nitrogens is 1. The maximum absolute atomic E-state index is 13.2. The number of hydrogen-bond donors (Lipinski definition) is 1. The molecule has 1 aromatic carbocycles. The van der Waals surface area contributed by atoms with E-state index in [1.165, 1.54) is 41.3 Å². The van der Waals surface area contributed by atoms with Gasteiger partial charge >= 0.3 is 0 Å². The Balaban J connectivity index is 1.33. The van der Waals surface area contributed by atoms with Crippen molar-refractivity contribution in [2.24, 2.45) is 23.2 Å². The molecule has 28 heavy (non-hydrogen) atoms. The lowest BCUT2D eigenvalue weighted by Crippen LogP contribution is -2.51. The zero-order valence-corrected chi connectivity index (χ0v) is 17.2. The van der Waals surface area contributed by atoms with Crippen molar-refractivity contribution in [3.63, 3.8) is 0 Å². The van der Waals surface area contributed by atoms with Gasteiger partial charge in [-0.15, -0.1) is 0 Å². The highest BCUT2D eigenvalue weighted by molar-refractivity contribution is 5.83. The monoisotopic (exact) mass is 376 g/mol. The molecular weight excluding hydrogens is 344 g/mol. The van der Waals surface area contributed by atoms with E-state index in [1.807, 2.05) is 0 Å². The zero-order chi connectivity index (χ0) is 19.3. The van der Waals surface area contributed by atoms with E-state index < -0.39 is 0 Å². The number of benzene rings is 1. The van der Waals surface area contributed by atoms with Gasteiger partial charge in [-0.2, -0.15) is 0 Å². The Bertz CT molecular complexity index is 918. The summed E-state index contributed by atoms with van der Waals surface area (Å²) in [6, 6.07) is 8.47. The summed E-state index contributed by atoms with van der Waals surface area (Å²) in [5.74, 6) is 2.19. The Morgan fingerprint density at radius 2 is 2.07 bits per heavy atom. The molecule has 2 fully saturated rings. The maximum Gasteiger partial charge on any atom is 0.225 e. The number of allylic oxidation sites excluding steroid dienone is 1. The van der Waals surface area contributed by atoms with Crippen LogP contribution in [0.4, 0.5) is 0 Å². The van der Waals surface area contributed by atoms with Crippen molar-refractivity contribution in [3.8, 4) is 0 Å². The molecule has 4 aliphatic rings. The lowest BCUT2D eigenvalue weighted by molar-refractivity contribution is -0.138. The second-order valence-corrected chi connectivity index (χ2v) is 9.82. The van der Waals surface area contributed by atoms with Gasteiger partial charge < -0.3 is 9.88 Å². The van der Waals surface area contributed by atoms with Crippen LogP contribution in [0.5, 0.6) is 0 Å². The summed E-state index contributed by atoms with van der Waals surface area (Å²) in [6.45, 7) is 6.51. The van der Waals surface area contributed by atoms with Crippen LogP contribution >= 0.6 is 0 Å². The number of nitrogens with one attached hydrogen (secondary N) is 1. The van der Waals surface area contributed by atoms with E-state index in [-0.39, 0.29) is 5.92 Å². The van der Waals surface area contributed by atoms with Gasteiger partial charge in [0, 0.05) is 36.1 Å². The SMILES string of the molecule is CC1(C)C2CC=C(CN(CCc3c[nH]c4ccccc34)C(=O)C3CCC3)C1C2. The number of para-hydroxylation sites is 1. The number of rotatable bonds is 6. The fourth-order valence-electron chi connectivity index (χ4n) is 5.65. The Hall–Kier alpha value is -2.03. The van der Waals surface area contributed by atoms with Crippen LogP contribution in [0.1, 0.15) is 51.5 Å². The number of carbonyl (C=O) groups is 1. The average Bonchev–Trinajstić information content (AvgIpc) is 3.06. The van der Waals surface area contributed by atoms with Crippen LogP contribution < -0.4 is 0 Å². The number of amides is 1. The third-order valence-corrected chi connectivity index (χ3v) is 8.05. The average molecular weight is 377 g/mol. The third-order valence-electron chi connectivity index (χ3n) is 8.05. The molecule has 1 N–H and O–H groups in total. The number of hydrogen-bond acceptors (Lipinski definition) is 1. The van der Waals surface area contributed by atoms with E-state index in [0.29, 0.717) is 17.2 Å². The fourth-order valence-corrected chi connectivity index (χ4v) is 5.65. The molecule has 2 bridgehead atoms. The van der Waals surface area contributed by atoms with E-state index >= 15 is 0 Å². The van der Waals surface area contributed by atoms with Gasteiger partial charge in [0.1, 0.15) is 0 Å². The molecule has 1 amide bonds. The summed E-state index contributed by atoms with van der Waals surface area (Å²) in [5, 5.41) is 1.29. The van der Waals surface area contributed by atoms with E-state index in [0.717, 1.165) is 38.3 Å². The molecule has 148 valence electrons. The Kier molecular flexibility index (Phi) is 4.37. The predicted molar refractivity (Wildman–Crippen MR) is 114 cm³/mol. The molecule has 2 unspecified atom stereocenters. The van der Waals surface area contributed by atoms with Gasteiger partial charge in [-0.05, 0) is 61.0 Å². The first kappa shape index (κ1) is 18.0. The molecule has 1 heterocycles. The summed E-state index contributed by atoms with van der Waals surface area (Å²) in [7, 11) is 0. The van der Waals surface area contributed by atoms with Crippen molar-refractivity contribution in [3.05, 3.63) is 47.7 Å². The quantitative estimate of drug-likeness (QED) is 0.680. The van der Waals surface area contributed by atoms with Gasteiger partial charge in [-0.3, -0.25) is 4.79 Å². The first-order chi connectivity index (χ1) is 13.5. The summed E-state index contributed by atoms with van der Waals surface area (Å²) >= 11 is 0. The van der Waals surface area contributed by atoms with Gasteiger partial charge in [-0.1, -0.05) is 50.1 Å². The number of nitrogens with zero attached hydrogens (tertiary/aromatic N) is 1. The summed E-state index contributed by atoms with van der Waals surface area (Å²) in [4.78, 5) is 18.8. The number of H-pyrrole nitrogens is 1. The normalized spacial score (nSPS) is 25.7. The van der Waals surface area contributed by atoms with Crippen LogP contribution in [-0.2, 0) is 11.2 Å². The Morgan fingerprint density at radius 3 is 2.79 bits per heavy atom. The molecule has 0 saturated heterocycles. The van der Waals surface area contributed by atoms with Crippen LogP contribution in [0, 0.1) is 23.2 Å². The fraction of sp³-hybridized carbons (Fsp3) is 0.560. The minimum absolute atomic E-state index is 0.273. The molecule has 0 radical (unpaired) electrons. The first-order valence-electron chi connectivity index (χ1n) is 11.1. The highest BCUT2D eigenvalue weighted by Gasteiger charge is 2.51. The van der Waals surface area contributed by atoms with Gasteiger partial charge in [0.05, 0.1) is 0 Å². The Morgan fingerprint density at radius 1 is 1.25 bits per heavy atom. The molecule has 2 aromatic rings. The van der Waals surface area contributed by atoms with Gasteiger partial charge in [0.15, 0.2) is 0 Å². The van der Waals surface area contributed by atoms with Crippen LogP contribution in [-0.4, -0.2) is 28.9 Å². The predicted octanol–water partition coefficient (Wildman–Crippen LogP) is 5.33. The highest BCUT2D eigenvalue weighted by atomic mass is 16.2. The van der Waals surface area contributed by atoms with Crippen molar-refractivity contribution in [1.82, 2.24) is 9.88 Å². The number of aromatic amines is 1. The van der Waals surface area contributed by atoms with Crippen LogP contribution in [0.2, 0.25) is 0 Å². The largest absolute Gasteiger partial charge is 0.361 e. The second-order valence-electron chi connectivity index (χ2n) is 9.82. The van der Waals surface area contributed by atoms with Crippen molar-refractivity contribution in [2.75, 3.05) is 13.1 Å². The minimum Gasteiger partial charge on any atom is -0.361 e. The molecule has 3 nitrogen and oxygen atoms in total.